The number of fused-ring (bicyclic) bond motifs is 5. The zero-order valence-electron chi connectivity index (χ0n) is 30.9. The summed E-state index contributed by atoms with van der Waals surface area (Å²) in [5, 5.41) is 7.03. The molecule has 0 bridgehead atoms. The van der Waals surface area contributed by atoms with E-state index in [1.807, 2.05) is 18.2 Å². The molecule has 0 aliphatic carbocycles. The number of nitrogens with zero attached hydrogens (tertiary/aromatic N) is 4. The highest BCUT2D eigenvalue weighted by Crippen LogP contribution is 2.38. The van der Waals surface area contributed by atoms with Crippen LogP contribution in [0.4, 0.5) is 0 Å². The number of benzene rings is 9. The van der Waals surface area contributed by atoms with Crippen molar-refractivity contribution in [3.05, 3.63) is 206 Å². The van der Waals surface area contributed by atoms with Crippen LogP contribution in [0, 0.1) is 0 Å². The molecule has 2 heterocycles. The van der Waals surface area contributed by atoms with Gasteiger partial charge in [-0.3, -0.25) is 0 Å². The average molecular weight is 727 g/mol. The van der Waals surface area contributed by atoms with Crippen LogP contribution >= 0.6 is 0 Å². The lowest BCUT2D eigenvalue weighted by Gasteiger charge is -2.13. The van der Waals surface area contributed by atoms with Crippen LogP contribution in [0.5, 0.6) is 0 Å². The van der Waals surface area contributed by atoms with Crippen LogP contribution in [0.1, 0.15) is 0 Å². The van der Waals surface area contributed by atoms with E-state index in [1.165, 1.54) is 44.1 Å². The van der Waals surface area contributed by atoms with Gasteiger partial charge in [0.15, 0.2) is 17.5 Å². The molecule has 0 fully saturated rings. The molecular formula is C53H34N4. The molecule has 11 rings (SSSR count). The van der Waals surface area contributed by atoms with Crippen molar-refractivity contribution in [3.63, 3.8) is 0 Å². The molecule has 0 amide bonds. The smallest absolute Gasteiger partial charge is 0.164 e. The zero-order chi connectivity index (χ0) is 37.7. The van der Waals surface area contributed by atoms with E-state index in [2.05, 4.69) is 193 Å². The molecular weight excluding hydrogens is 693 g/mol. The maximum atomic E-state index is 5.18. The van der Waals surface area contributed by atoms with Crippen LogP contribution in [0.15, 0.2) is 206 Å². The Morgan fingerprint density at radius 2 is 0.772 bits per heavy atom. The molecule has 57 heavy (non-hydrogen) atoms. The molecule has 0 spiro atoms. The van der Waals surface area contributed by atoms with Gasteiger partial charge in [0, 0.05) is 33.2 Å². The minimum atomic E-state index is 0.640. The molecule has 0 unspecified atom stereocenters. The fourth-order valence-electron chi connectivity index (χ4n) is 8.28. The van der Waals surface area contributed by atoms with E-state index in [0.717, 1.165) is 43.9 Å². The van der Waals surface area contributed by atoms with Crippen molar-refractivity contribution in [3.8, 4) is 62.1 Å². The number of hydrogen-bond donors (Lipinski definition) is 0. The van der Waals surface area contributed by atoms with Gasteiger partial charge in [0.25, 0.3) is 0 Å². The second-order valence-electron chi connectivity index (χ2n) is 14.4. The highest BCUT2D eigenvalue weighted by molar-refractivity contribution is 6.11. The van der Waals surface area contributed by atoms with E-state index in [-0.39, 0.29) is 0 Å². The predicted molar refractivity (Wildman–Crippen MR) is 236 cm³/mol. The van der Waals surface area contributed by atoms with E-state index >= 15 is 0 Å². The molecule has 11 aromatic rings. The standard InChI is InChI=1S/C53H34N4/c1-4-14-35(15-5-1)43-29-30-47(45-21-11-10-20-44(43)45)53-55-51(36-16-6-2-7-17-36)54-52(56-53)41-27-26-37-32-38(24-25-39(37)33-41)40-28-31-50-48(34-40)46-22-12-13-23-49(46)57(50)42-18-8-3-9-19-42/h1-34H. The topological polar surface area (TPSA) is 43.6 Å². The van der Waals surface area contributed by atoms with E-state index in [0.29, 0.717) is 17.5 Å². The highest BCUT2D eigenvalue weighted by atomic mass is 15.0. The lowest BCUT2D eigenvalue weighted by molar-refractivity contribution is 1.08. The summed E-state index contributed by atoms with van der Waals surface area (Å²) in [6.45, 7) is 0. The Morgan fingerprint density at radius 1 is 0.281 bits per heavy atom. The van der Waals surface area contributed by atoms with Crippen LogP contribution in [-0.4, -0.2) is 19.5 Å². The first kappa shape index (κ1) is 32.7. The first-order chi connectivity index (χ1) is 28.2. The lowest BCUT2D eigenvalue weighted by Crippen LogP contribution is -2.00. The Bertz CT molecular complexity index is 3280. The van der Waals surface area contributed by atoms with Crippen LogP contribution in [0.2, 0.25) is 0 Å². The van der Waals surface area contributed by atoms with Crippen LogP contribution in [0.25, 0.3) is 105 Å². The molecule has 0 saturated carbocycles. The van der Waals surface area contributed by atoms with Gasteiger partial charge in [0.1, 0.15) is 0 Å². The molecule has 0 atom stereocenters. The van der Waals surface area contributed by atoms with Crippen molar-refractivity contribution in [2.24, 2.45) is 0 Å². The van der Waals surface area contributed by atoms with Gasteiger partial charge in [-0.15, -0.1) is 0 Å². The van der Waals surface area contributed by atoms with Gasteiger partial charge in [-0.2, -0.15) is 0 Å². The van der Waals surface area contributed by atoms with Crippen LogP contribution in [0.3, 0.4) is 0 Å². The second kappa shape index (κ2) is 13.6. The summed E-state index contributed by atoms with van der Waals surface area (Å²) in [6, 6.07) is 72.9. The summed E-state index contributed by atoms with van der Waals surface area (Å²) in [6.07, 6.45) is 0. The molecule has 0 aliphatic rings. The van der Waals surface area contributed by atoms with Crippen molar-refractivity contribution < 1.29 is 0 Å². The zero-order valence-corrected chi connectivity index (χ0v) is 30.9. The van der Waals surface area contributed by atoms with Crippen molar-refractivity contribution in [1.29, 1.82) is 0 Å². The van der Waals surface area contributed by atoms with E-state index < -0.39 is 0 Å². The maximum Gasteiger partial charge on any atom is 0.164 e. The van der Waals surface area contributed by atoms with Crippen molar-refractivity contribution in [2.75, 3.05) is 0 Å². The maximum absolute atomic E-state index is 5.18. The predicted octanol–water partition coefficient (Wildman–Crippen LogP) is 13.6. The van der Waals surface area contributed by atoms with Gasteiger partial charge in [-0.05, 0) is 92.3 Å². The van der Waals surface area contributed by atoms with Crippen LogP contribution in [-0.2, 0) is 0 Å². The molecule has 0 radical (unpaired) electrons. The van der Waals surface area contributed by atoms with Gasteiger partial charge in [-0.25, -0.2) is 15.0 Å². The normalized spacial score (nSPS) is 11.5. The summed E-state index contributed by atoms with van der Waals surface area (Å²) in [5.41, 5.74) is 11.1. The molecule has 0 aliphatic heterocycles. The Balaban J connectivity index is 1.01. The fraction of sp³-hybridized carbons (Fsp3) is 0. The number of hydrogen-bond acceptors (Lipinski definition) is 3. The number of para-hydroxylation sites is 2. The lowest BCUT2D eigenvalue weighted by atomic mass is 9.94. The van der Waals surface area contributed by atoms with Crippen molar-refractivity contribution in [1.82, 2.24) is 19.5 Å². The Labute approximate surface area is 330 Å². The van der Waals surface area contributed by atoms with Gasteiger partial charge in [-0.1, -0.05) is 158 Å². The third kappa shape index (κ3) is 5.74. The van der Waals surface area contributed by atoms with Gasteiger partial charge in [0.2, 0.25) is 0 Å². The number of aromatic nitrogens is 4. The summed E-state index contributed by atoms with van der Waals surface area (Å²) < 4.78 is 2.36. The first-order valence-corrected chi connectivity index (χ1v) is 19.3. The minimum absolute atomic E-state index is 0.640. The van der Waals surface area contributed by atoms with E-state index in [1.54, 1.807) is 0 Å². The molecule has 9 aromatic carbocycles. The molecule has 4 heteroatoms. The summed E-state index contributed by atoms with van der Waals surface area (Å²) in [4.78, 5) is 15.3. The second-order valence-corrected chi connectivity index (χ2v) is 14.4. The van der Waals surface area contributed by atoms with Crippen molar-refractivity contribution in [2.45, 2.75) is 0 Å². The summed E-state index contributed by atoms with van der Waals surface area (Å²) >= 11 is 0. The van der Waals surface area contributed by atoms with Crippen LogP contribution < -0.4 is 0 Å². The van der Waals surface area contributed by atoms with E-state index in [9.17, 15) is 0 Å². The van der Waals surface area contributed by atoms with Crippen molar-refractivity contribution >= 4 is 43.4 Å². The Kier molecular flexibility index (Phi) is 7.78. The molecule has 2 aromatic heterocycles. The Hall–Kier alpha value is -7.69. The third-order valence-corrected chi connectivity index (χ3v) is 11.0. The van der Waals surface area contributed by atoms with Gasteiger partial charge < -0.3 is 4.57 Å². The molecule has 4 nitrogen and oxygen atoms in total. The highest BCUT2D eigenvalue weighted by Gasteiger charge is 2.17. The molecule has 0 saturated heterocycles. The molecule has 266 valence electrons. The van der Waals surface area contributed by atoms with E-state index in [4.69, 9.17) is 15.0 Å². The van der Waals surface area contributed by atoms with Gasteiger partial charge >= 0.3 is 0 Å². The quantitative estimate of drug-likeness (QED) is 0.171. The Morgan fingerprint density at radius 3 is 1.51 bits per heavy atom. The average Bonchev–Trinajstić information content (AvgIpc) is 3.62. The third-order valence-electron chi connectivity index (χ3n) is 11.0. The number of rotatable bonds is 6. The largest absolute Gasteiger partial charge is 0.309 e. The first-order valence-electron chi connectivity index (χ1n) is 19.3. The van der Waals surface area contributed by atoms with Gasteiger partial charge in [0.05, 0.1) is 11.0 Å². The monoisotopic (exact) mass is 726 g/mol. The fourth-order valence-corrected chi connectivity index (χ4v) is 8.28. The molecule has 0 N–H and O–H groups in total. The minimum Gasteiger partial charge on any atom is -0.309 e. The summed E-state index contributed by atoms with van der Waals surface area (Å²) in [7, 11) is 0. The summed E-state index contributed by atoms with van der Waals surface area (Å²) in [5.74, 6) is 1.93. The SMILES string of the molecule is c1ccc(-c2nc(-c3ccc4cc(-c5ccc6c(c5)c5ccccc5n6-c5ccccc5)ccc4c3)nc(-c3ccc(-c4ccccc4)c4ccccc34)n2)cc1.